The Bertz CT molecular complexity index is 593. The molecule has 1 atom stereocenters. The van der Waals surface area contributed by atoms with Crippen LogP contribution in [0.3, 0.4) is 0 Å². The van der Waals surface area contributed by atoms with Gasteiger partial charge < -0.3 is 5.11 Å². The molecule has 0 aromatic heterocycles. The Morgan fingerprint density at radius 2 is 1.90 bits per heavy atom. The summed E-state index contributed by atoms with van der Waals surface area (Å²) in [5, 5.41) is 9.77. The van der Waals surface area contributed by atoms with Crippen molar-refractivity contribution < 1.29 is 9.90 Å². The topological polar surface area (TPSA) is 37.3 Å². The second-order valence-electron chi connectivity index (χ2n) is 5.08. The number of hydrogen-bond donors (Lipinski definition) is 1. The first-order chi connectivity index (χ1) is 9.56. The van der Waals surface area contributed by atoms with Crippen molar-refractivity contribution in [2.75, 3.05) is 0 Å². The summed E-state index contributed by atoms with van der Waals surface area (Å²) in [4.78, 5) is 12.2. The van der Waals surface area contributed by atoms with Crippen molar-refractivity contribution in [1.29, 1.82) is 0 Å². The maximum Gasteiger partial charge on any atom is 0.166 e. The van der Waals surface area contributed by atoms with E-state index < -0.39 is 0 Å². The van der Waals surface area contributed by atoms with Gasteiger partial charge in [0.25, 0.3) is 0 Å². The highest BCUT2D eigenvalue weighted by Gasteiger charge is 2.15. The molecule has 0 bridgehead atoms. The number of carbonyl (C=O) groups excluding carboxylic acids is 1. The van der Waals surface area contributed by atoms with E-state index in [1.807, 2.05) is 18.2 Å². The van der Waals surface area contributed by atoms with E-state index in [0.29, 0.717) is 12.0 Å². The molecule has 1 N–H and O–H groups in total. The van der Waals surface area contributed by atoms with Gasteiger partial charge in [-0.15, -0.1) is 0 Å². The molecule has 20 heavy (non-hydrogen) atoms. The highest BCUT2D eigenvalue weighted by atomic mass is 79.9. The molecule has 0 saturated carbocycles. The van der Waals surface area contributed by atoms with Gasteiger partial charge in [0.15, 0.2) is 5.78 Å². The quantitative estimate of drug-likeness (QED) is 0.812. The SMILES string of the molecule is C[C@@H](CC(=O)c1cc(Br)ccc1O)Cc1ccccc1. The summed E-state index contributed by atoms with van der Waals surface area (Å²) < 4.78 is 0.800. The Labute approximate surface area is 127 Å². The van der Waals surface area contributed by atoms with E-state index in [2.05, 4.69) is 35.0 Å². The van der Waals surface area contributed by atoms with Gasteiger partial charge in [-0.2, -0.15) is 0 Å². The average Bonchev–Trinajstić information content (AvgIpc) is 2.42. The van der Waals surface area contributed by atoms with Crippen molar-refractivity contribution in [2.45, 2.75) is 19.8 Å². The van der Waals surface area contributed by atoms with Gasteiger partial charge in [0.1, 0.15) is 5.75 Å². The van der Waals surface area contributed by atoms with Gasteiger partial charge in [-0.3, -0.25) is 4.79 Å². The van der Waals surface area contributed by atoms with Crippen molar-refractivity contribution in [3.05, 3.63) is 64.1 Å². The number of carbonyl (C=O) groups is 1. The molecule has 2 aromatic carbocycles. The molecular formula is C17H17BrO2. The lowest BCUT2D eigenvalue weighted by Gasteiger charge is -2.11. The maximum atomic E-state index is 12.2. The third-order valence-electron chi connectivity index (χ3n) is 3.22. The number of phenols is 1. The van der Waals surface area contributed by atoms with E-state index in [1.54, 1.807) is 18.2 Å². The molecule has 2 rings (SSSR count). The Balaban J connectivity index is 2.02. The van der Waals surface area contributed by atoms with E-state index in [1.165, 1.54) is 5.56 Å². The number of phenolic OH excluding ortho intramolecular Hbond substituents is 1. The van der Waals surface area contributed by atoms with Gasteiger partial charge in [-0.25, -0.2) is 0 Å². The maximum absolute atomic E-state index is 12.2. The third-order valence-corrected chi connectivity index (χ3v) is 3.71. The molecule has 0 spiro atoms. The fourth-order valence-corrected chi connectivity index (χ4v) is 2.61. The molecule has 0 amide bonds. The van der Waals surface area contributed by atoms with E-state index in [4.69, 9.17) is 0 Å². The fraction of sp³-hybridized carbons (Fsp3) is 0.235. The minimum Gasteiger partial charge on any atom is -0.507 e. The number of ketones is 1. The van der Waals surface area contributed by atoms with Crippen LogP contribution in [-0.2, 0) is 6.42 Å². The van der Waals surface area contributed by atoms with Gasteiger partial charge >= 0.3 is 0 Å². The van der Waals surface area contributed by atoms with Crippen LogP contribution in [0.1, 0.15) is 29.3 Å². The number of halogens is 1. The Morgan fingerprint density at radius 3 is 2.60 bits per heavy atom. The zero-order chi connectivity index (χ0) is 14.5. The number of hydrogen-bond acceptors (Lipinski definition) is 2. The van der Waals surface area contributed by atoms with Crippen LogP contribution in [0.2, 0.25) is 0 Å². The van der Waals surface area contributed by atoms with E-state index >= 15 is 0 Å². The highest BCUT2D eigenvalue weighted by Crippen LogP contribution is 2.25. The molecule has 0 radical (unpaired) electrons. The zero-order valence-electron chi connectivity index (χ0n) is 11.3. The summed E-state index contributed by atoms with van der Waals surface area (Å²) in [6, 6.07) is 15.1. The highest BCUT2D eigenvalue weighted by molar-refractivity contribution is 9.10. The zero-order valence-corrected chi connectivity index (χ0v) is 12.9. The lowest BCUT2D eigenvalue weighted by atomic mass is 9.93. The molecule has 0 unspecified atom stereocenters. The first kappa shape index (κ1) is 14.8. The van der Waals surface area contributed by atoms with E-state index in [-0.39, 0.29) is 17.5 Å². The van der Waals surface area contributed by atoms with Gasteiger partial charge in [-0.1, -0.05) is 53.2 Å². The summed E-state index contributed by atoms with van der Waals surface area (Å²) >= 11 is 3.32. The predicted octanol–water partition coefficient (Wildman–Crippen LogP) is 4.61. The largest absolute Gasteiger partial charge is 0.507 e. The van der Waals surface area contributed by atoms with Crippen LogP contribution >= 0.6 is 15.9 Å². The molecule has 0 heterocycles. The molecular weight excluding hydrogens is 316 g/mol. The first-order valence-corrected chi connectivity index (χ1v) is 7.41. The van der Waals surface area contributed by atoms with Crippen LogP contribution in [-0.4, -0.2) is 10.9 Å². The minimum absolute atomic E-state index is 0.0211. The summed E-state index contributed by atoms with van der Waals surface area (Å²) in [6.45, 7) is 2.06. The molecule has 0 saturated heterocycles. The van der Waals surface area contributed by atoms with Crippen LogP contribution < -0.4 is 0 Å². The molecule has 104 valence electrons. The minimum atomic E-state index is -0.0211. The van der Waals surface area contributed by atoms with Gasteiger partial charge in [0.2, 0.25) is 0 Å². The smallest absolute Gasteiger partial charge is 0.166 e. The van der Waals surface area contributed by atoms with Crippen molar-refractivity contribution in [3.63, 3.8) is 0 Å². The molecule has 0 aliphatic heterocycles. The Morgan fingerprint density at radius 1 is 1.20 bits per heavy atom. The van der Waals surface area contributed by atoms with Gasteiger partial charge in [0, 0.05) is 10.9 Å². The molecule has 3 heteroatoms. The van der Waals surface area contributed by atoms with Crippen LogP contribution in [0.25, 0.3) is 0 Å². The predicted molar refractivity (Wildman–Crippen MR) is 84.1 cm³/mol. The Kier molecular flexibility index (Phi) is 4.96. The van der Waals surface area contributed by atoms with E-state index in [9.17, 15) is 9.90 Å². The molecule has 2 nitrogen and oxygen atoms in total. The lowest BCUT2D eigenvalue weighted by molar-refractivity contribution is 0.0962. The average molecular weight is 333 g/mol. The summed E-state index contributed by atoms with van der Waals surface area (Å²) in [7, 11) is 0. The number of benzene rings is 2. The number of Topliss-reactive ketones (excluding diaryl/α,β-unsaturated/α-hetero) is 1. The van der Waals surface area contributed by atoms with Crippen LogP contribution in [0.15, 0.2) is 53.0 Å². The second kappa shape index (κ2) is 6.71. The molecule has 0 fully saturated rings. The van der Waals surface area contributed by atoms with Crippen LogP contribution in [0, 0.1) is 5.92 Å². The van der Waals surface area contributed by atoms with E-state index in [0.717, 1.165) is 10.9 Å². The molecule has 0 aliphatic carbocycles. The van der Waals surface area contributed by atoms with Crippen molar-refractivity contribution >= 4 is 21.7 Å². The lowest BCUT2D eigenvalue weighted by Crippen LogP contribution is -2.08. The second-order valence-corrected chi connectivity index (χ2v) is 6.00. The number of rotatable bonds is 5. The van der Waals surface area contributed by atoms with Crippen LogP contribution in [0.5, 0.6) is 5.75 Å². The molecule has 2 aromatic rings. The standard InChI is InChI=1S/C17H17BrO2/c1-12(9-13-5-3-2-4-6-13)10-17(20)15-11-14(18)7-8-16(15)19/h2-8,11-12,19H,9-10H2,1H3/t12-/m1/s1. The molecule has 0 aliphatic rings. The fourth-order valence-electron chi connectivity index (χ4n) is 2.25. The van der Waals surface area contributed by atoms with Crippen LogP contribution in [0.4, 0.5) is 0 Å². The summed E-state index contributed by atoms with van der Waals surface area (Å²) in [5.41, 5.74) is 1.62. The Hall–Kier alpha value is -1.61. The summed E-state index contributed by atoms with van der Waals surface area (Å²) in [5.74, 6) is 0.264. The van der Waals surface area contributed by atoms with Crippen molar-refractivity contribution in [2.24, 2.45) is 5.92 Å². The van der Waals surface area contributed by atoms with Gasteiger partial charge in [0.05, 0.1) is 5.56 Å². The third kappa shape index (κ3) is 3.94. The van der Waals surface area contributed by atoms with Crippen molar-refractivity contribution in [1.82, 2.24) is 0 Å². The first-order valence-electron chi connectivity index (χ1n) is 6.62. The summed E-state index contributed by atoms with van der Waals surface area (Å²) in [6.07, 6.45) is 1.29. The van der Waals surface area contributed by atoms with Gasteiger partial charge in [-0.05, 0) is 36.1 Å². The van der Waals surface area contributed by atoms with Crippen molar-refractivity contribution in [3.8, 4) is 5.75 Å². The normalized spacial score (nSPS) is 12.1. The number of aromatic hydroxyl groups is 1. The monoisotopic (exact) mass is 332 g/mol.